The topological polar surface area (TPSA) is 23.9 Å². The minimum Gasteiger partial charge on any atom is -0.305 e. The molecule has 0 saturated heterocycles. The second-order valence-electron chi connectivity index (χ2n) is 3.56. The third kappa shape index (κ3) is 2.41. The summed E-state index contributed by atoms with van der Waals surface area (Å²) in [6.07, 6.45) is 1.15. The molecule has 0 heterocycles. The van der Waals surface area contributed by atoms with Crippen LogP contribution in [0, 0.1) is 5.41 Å². The van der Waals surface area contributed by atoms with Crippen LogP contribution in [0.15, 0.2) is 24.3 Å². The summed E-state index contributed by atoms with van der Waals surface area (Å²) in [7, 11) is 0. The predicted octanol–water partition coefficient (Wildman–Crippen LogP) is 3.59. The largest absolute Gasteiger partial charge is 0.305 e. The first-order valence-electron chi connectivity index (χ1n) is 4.80. The van der Waals surface area contributed by atoms with Gasteiger partial charge in [-0.3, -0.25) is 0 Å². The van der Waals surface area contributed by atoms with Crippen molar-refractivity contribution in [3.8, 4) is 0 Å². The summed E-state index contributed by atoms with van der Waals surface area (Å²) in [4.78, 5) is 0. The molecule has 70 valence electrons. The molecule has 1 N–H and O–H groups in total. The standard InChI is InChI=1S/C12H17N/c1-4-9(2)11-6-5-7-12(8-11)10(3)13/h5-9,13H,4H2,1-3H3. The van der Waals surface area contributed by atoms with Crippen LogP contribution < -0.4 is 0 Å². The first-order chi connectivity index (χ1) is 6.15. The molecule has 0 fully saturated rings. The first kappa shape index (κ1) is 9.97. The highest BCUT2D eigenvalue weighted by Gasteiger charge is 2.03. The van der Waals surface area contributed by atoms with Gasteiger partial charge < -0.3 is 5.41 Å². The summed E-state index contributed by atoms with van der Waals surface area (Å²) in [5.74, 6) is 0.597. The molecule has 0 aliphatic rings. The van der Waals surface area contributed by atoms with E-state index >= 15 is 0 Å². The predicted molar refractivity (Wildman–Crippen MR) is 57.7 cm³/mol. The highest BCUT2D eigenvalue weighted by Crippen LogP contribution is 2.19. The van der Waals surface area contributed by atoms with E-state index in [-0.39, 0.29) is 0 Å². The minimum absolute atomic E-state index is 0.597. The van der Waals surface area contributed by atoms with Gasteiger partial charge in [0.2, 0.25) is 0 Å². The Bertz CT molecular complexity index is 302. The van der Waals surface area contributed by atoms with Gasteiger partial charge in [-0.25, -0.2) is 0 Å². The highest BCUT2D eigenvalue weighted by molar-refractivity contribution is 5.96. The minimum atomic E-state index is 0.597. The van der Waals surface area contributed by atoms with Crippen molar-refractivity contribution < 1.29 is 0 Å². The summed E-state index contributed by atoms with van der Waals surface area (Å²) in [6, 6.07) is 8.29. The molecule has 1 atom stereocenters. The Morgan fingerprint density at radius 3 is 2.69 bits per heavy atom. The first-order valence-corrected chi connectivity index (χ1v) is 4.80. The lowest BCUT2D eigenvalue weighted by Gasteiger charge is -2.09. The van der Waals surface area contributed by atoms with E-state index in [1.165, 1.54) is 5.56 Å². The maximum absolute atomic E-state index is 7.53. The van der Waals surface area contributed by atoms with Crippen LogP contribution in [0.1, 0.15) is 44.2 Å². The molecule has 0 saturated carbocycles. The van der Waals surface area contributed by atoms with Gasteiger partial charge >= 0.3 is 0 Å². The molecule has 1 aromatic carbocycles. The van der Waals surface area contributed by atoms with E-state index in [2.05, 4.69) is 26.0 Å². The molecule has 0 radical (unpaired) electrons. The molecule has 13 heavy (non-hydrogen) atoms. The van der Waals surface area contributed by atoms with E-state index < -0.39 is 0 Å². The Labute approximate surface area is 80.3 Å². The SMILES string of the molecule is CCC(C)c1cccc(C(C)=N)c1. The second-order valence-corrected chi connectivity index (χ2v) is 3.56. The normalized spacial score (nSPS) is 12.5. The van der Waals surface area contributed by atoms with E-state index in [4.69, 9.17) is 5.41 Å². The Morgan fingerprint density at radius 1 is 1.46 bits per heavy atom. The quantitative estimate of drug-likeness (QED) is 0.679. The van der Waals surface area contributed by atoms with Gasteiger partial charge in [-0.2, -0.15) is 0 Å². The molecule has 0 aromatic heterocycles. The van der Waals surface area contributed by atoms with Gasteiger partial charge in [0.15, 0.2) is 0 Å². The van der Waals surface area contributed by atoms with Crippen LogP contribution in [0.5, 0.6) is 0 Å². The summed E-state index contributed by atoms with van der Waals surface area (Å²) in [5.41, 5.74) is 3.02. The zero-order chi connectivity index (χ0) is 9.84. The smallest absolute Gasteiger partial charge is 0.0355 e. The van der Waals surface area contributed by atoms with Crippen LogP contribution in [-0.2, 0) is 0 Å². The Balaban J connectivity index is 2.98. The van der Waals surface area contributed by atoms with Crippen LogP contribution >= 0.6 is 0 Å². The van der Waals surface area contributed by atoms with E-state index in [0.29, 0.717) is 11.6 Å². The summed E-state index contributed by atoms with van der Waals surface area (Å²) in [6.45, 7) is 6.24. The molecule has 0 aliphatic heterocycles. The van der Waals surface area contributed by atoms with Crippen molar-refractivity contribution in [3.63, 3.8) is 0 Å². The van der Waals surface area contributed by atoms with Crippen molar-refractivity contribution in [2.75, 3.05) is 0 Å². The van der Waals surface area contributed by atoms with Gasteiger partial charge in [-0.1, -0.05) is 32.0 Å². The molecular weight excluding hydrogens is 158 g/mol. The third-order valence-corrected chi connectivity index (χ3v) is 2.50. The van der Waals surface area contributed by atoms with Crippen LogP contribution in [0.3, 0.4) is 0 Å². The fourth-order valence-electron chi connectivity index (χ4n) is 1.31. The lowest BCUT2D eigenvalue weighted by Crippen LogP contribution is -1.96. The van der Waals surface area contributed by atoms with Crippen molar-refractivity contribution >= 4 is 5.71 Å². The number of hydrogen-bond donors (Lipinski definition) is 1. The van der Waals surface area contributed by atoms with E-state index in [9.17, 15) is 0 Å². The number of nitrogens with one attached hydrogen (secondary N) is 1. The number of rotatable bonds is 3. The number of hydrogen-bond acceptors (Lipinski definition) is 1. The average Bonchev–Trinajstić information content (AvgIpc) is 2.17. The summed E-state index contributed by atoms with van der Waals surface area (Å²) in [5, 5.41) is 7.53. The van der Waals surface area contributed by atoms with E-state index in [1.807, 2.05) is 19.1 Å². The molecular formula is C12H17N. The van der Waals surface area contributed by atoms with E-state index in [0.717, 1.165) is 12.0 Å². The zero-order valence-electron chi connectivity index (χ0n) is 8.59. The van der Waals surface area contributed by atoms with Gasteiger partial charge in [0.25, 0.3) is 0 Å². The van der Waals surface area contributed by atoms with Gasteiger partial charge in [0, 0.05) is 5.71 Å². The Hall–Kier alpha value is -1.11. The summed E-state index contributed by atoms with van der Waals surface area (Å²) < 4.78 is 0. The van der Waals surface area contributed by atoms with Crippen LogP contribution in [0.25, 0.3) is 0 Å². The van der Waals surface area contributed by atoms with Crippen LogP contribution in [0.2, 0.25) is 0 Å². The van der Waals surface area contributed by atoms with Gasteiger partial charge in [-0.05, 0) is 36.5 Å². The maximum atomic E-state index is 7.53. The number of benzene rings is 1. The Morgan fingerprint density at radius 2 is 2.15 bits per heavy atom. The molecule has 0 spiro atoms. The average molecular weight is 175 g/mol. The third-order valence-electron chi connectivity index (χ3n) is 2.50. The van der Waals surface area contributed by atoms with Crippen molar-refractivity contribution in [2.45, 2.75) is 33.1 Å². The van der Waals surface area contributed by atoms with Crippen molar-refractivity contribution in [3.05, 3.63) is 35.4 Å². The molecule has 0 bridgehead atoms. The highest BCUT2D eigenvalue weighted by atomic mass is 14.4. The van der Waals surface area contributed by atoms with Gasteiger partial charge in [0.05, 0.1) is 0 Å². The van der Waals surface area contributed by atoms with Gasteiger partial charge in [-0.15, -0.1) is 0 Å². The van der Waals surface area contributed by atoms with Crippen LogP contribution in [0.4, 0.5) is 0 Å². The monoisotopic (exact) mass is 175 g/mol. The van der Waals surface area contributed by atoms with Crippen molar-refractivity contribution in [1.82, 2.24) is 0 Å². The molecule has 1 nitrogen and oxygen atoms in total. The lowest BCUT2D eigenvalue weighted by atomic mass is 9.96. The summed E-state index contributed by atoms with van der Waals surface area (Å²) >= 11 is 0. The molecule has 0 amide bonds. The molecule has 1 unspecified atom stereocenters. The molecule has 1 heteroatoms. The Kier molecular flexibility index (Phi) is 3.24. The fourth-order valence-corrected chi connectivity index (χ4v) is 1.31. The fraction of sp³-hybridized carbons (Fsp3) is 0.417. The van der Waals surface area contributed by atoms with Crippen molar-refractivity contribution in [2.24, 2.45) is 0 Å². The van der Waals surface area contributed by atoms with Crippen molar-refractivity contribution in [1.29, 1.82) is 5.41 Å². The van der Waals surface area contributed by atoms with Gasteiger partial charge in [0.1, 0.15) is 0 Å². The lowest BCUT2D eigenvalue weighted by molar-refractivity contribution is 0.733. The molecule has 1 rings (SSSR count). The zero-order valence-corrected chi connectivity index (χ0v) is 8.59. The maximum Gasteiger partial charge on any atom is 0.0355 e. The molecule has 1 aromatic rings. The van der Waals surface area contributed by atoms with E-state index in [1.54, 1.807) is 0 Å². The van der Waals surface area contributed by atoms with Crippen LogP contribution in [-0.4, -0.2) is 5.71 Å². The molecule has 0 aliphatic carbocycles. The second kappa shape index (κ2) is 4.22.